The molecule has 2 aromatic carbocycles. The number of benzene rings is 2. The summed E-state index contributed by atoms with van der Waals surface area (Å²) < 4.78 is 12.5. The van der Waals surface area contributed by atoms with Gasteiger partial charge < -0.3 is 19.5 Å². The highest BCUT2D eigenvalue weighted by molar-refractivity contribution is 6.10. The highest BCUT2D eigenvalue weighted by Crippen LogP contribution is 2.79. The molecule has 10 rings (SSSR count). The van der Waals surface area contributed by atoms with Gasteiger partial charge in [0.15, 0.2) is 5.78 Å². The number of fused-ring (bicyclic) bond motifs is 2. The fourth-order valence-electron chi connectivity index (χ4n) is 12.2. The standard InChI is InChI=1S/C41H47NO5/c1-37-17-14-30(43)23-39(37)20-21-41(32(24-39)35(44)29-12-10-28(11-13-29)27-7-4-3-5-8-27)33(37)15-18-38(2)34(41)16-19-40(38)26-42(36(45)47-40)25-31-9-6-22-46-31/h3-5,7-8,10-13,20-21,24,30-31,33-34,43H,6,9,14-19,22-23,25-26H2,1-2H3. The highest BCUT2D eigenvalue weighted by atomic mass is 16.6. The number of hydrogen-bond donors (Lipinski definition) is 1. The molecule has 9 unspecified atom stereocenters. The van der Waals surface area contributed by atoms with Gasteiger partial charge in [0.1, 0.15) is 5.60 Å². The number of amides is 1. The summed E-state index contributed by atoms with van der Waals surface area (Å²) in [6.07, 6.45) is 14.8. The predicted octanol–water partition coefficient (Wildman–Crippen LogP) is 7.77. The average Bonchev–Trinajstić information content (AvgIpc) is 3.79. The van der Waals surface area contributed by atoms with Crippen LogP contribution in [-0.2, 0) is 9.47 Å². The number of Topliss-reactive ketones (excluding diaryl/α,β-unsaturated/α-hetero) is 1. The molecule has 3 spiro atoms. The van der Waals surface area contributed by atoms with Crippen LogP contribution in [0.4, 0.5) is 4.79 Å². The molecule has 2 aliphatic heterocycles. The maximum absolute atomic E-state index is 15.0. The molecule has 246 valence electrons. The van der Waals surface area contributed by atoms with Crippen molar-refractivity contribution in [2.75, 3.05) is 19.7 Å². The molecule has 47 heavy (non-hydrogen) atoms. The van der Waals surface area contributed by atoms with E-state index in [0.29, 0.717) is 19.5 Å². The number of ketones is 1. The summed E-state index contributed by atoms with van der Waals surface area (Å²) in [6.45, 7) is 6.78. The number of nitrogens with zero attached hydrogens (tertiary/aromatic N) is 1. The van der Waals surface area contributed by atoms with Gasteiger partial charge >= 0.3 is 6.09 Å². The van der Waals surface area contributed by atoms with Crippen molar-refractivity contribution in [2.24, 2.45) is 33.5 Å². The Morgan fingerprint density at radius 1 is 0.894 bits per heavy atom. The van der Waals surface area contributed by atoms with Gasteiger partial charge in [0, 0.05) is 34.0 Å². The smallest absolute Gasteiger partial charge is 0.410 e. The second kappa shape index (κ2) is 10.1. The average molecular weight is 634 g/mol. The monoisotopic (exact) mass is 633 g/mol. The van der Waals surface area contributed by atoms with Gasteiger partial charge in [-0.25, -0.2) is 4.79 Å². The van der Waals surface area contributed by atoms with E-state index >= 15 is 0 Å². The molecular formula is C41H47NO5. The Morgan fingerprint density at radius 3 is 2.38 bits per heavy atom. The molecule has 2 saturated heterocycles. The summed E-state index contributed by atoms with van der Waals surface area (Å²) in [5, 5.41) is 11.0. The van der Waals surface area contributed by atoms with E-state index < -0.39 is 11.0 Å². The van der Waals surface area contributed by atoms with Crippen molar-refractivity contribution in [3.05, 3.63) is 84.0 Å². The largest absolute Gasteiger partial charge is 0.440 e. The normalized spacial score (nSPS) is 43.0. The van der Waals surface area contributed by atoms with Crippen molar-refractivity contribution in [1.29, 1.82) is 0 Å². The second-order valence-corrected chi connectivity index (χ2v) is 16.4. The first-order valence-electron chi connectivity index (χ1n) is 18.0. The van der Waals surface area contributed by atoms with E-state index in [0.717, 1.165) is 80.2 Å². The molecule has 1 amide bonds. The summed E-state index contributed by atoms with van der Waals surface area (Å²) in [5.74, 6) is 0.559. The van der Waals surface area contributed by atoms with Gasteiger partial charge in [0.05, 0.1) is 25.3 Å². The zero-order valence-electron chi connectivity index (χ0n) is 27.8. The van der Waals surface area contributed by atoms with E-state index in [2.05, 4.69) is 56.3 Å². The lowest BCUT2D eigenvalue weighted by Crippen LogP contribution is -2.67. The Balaban J connectivity index is 1.12. The Morgan fingerprint density at radius 2 is 1.62 bits per heavy atom. The van der Waals surface area contributed by atoms with Crippen LogP contribution in [0.15, 0.2) is 78.4 Å². The number of hydrogen-bond acceptors (Lipinski definition) is 5. The molecule has 9 atom stereocenters. The van der Waals surface area contributed by atoms with Crippen molar-refractivity contribution in [1.82, 2.24) is 4.90 Å². The van der Waals surface area contributed by atoms with Crippen molar-refractivity contribution in [3.8, 4) is 11.1 Å². The zero-order valence-corrected chi connectivity index (χ0v) is 27.8. The van der Waals surface area contributed by atoms with Gasteiger partial charge in [-0.3, -0.25) is 4.79 Å². The molecule has 0 radical (unpaired) electrons. The van der Waals surface area contributed by atoms with Crippen LogP contribution in [0.5, 0.6) is 0 Å². The van der Waals surface area contributed by atoms with E-state index in [1.807, 2.05) is 35.2 Å². The lowest BCUT2D eigenvalue weighted by molar-refractivity contribution is -0.164. The molecule has 2 bridgehead atoms. The van der Waals surface area contributed by atoms with Crippen LogP contribution in [-0.4, -0.2) is 59.4 Å². The van der Waals surface area contributed by atoms with Crippen molar-refractivity contribution >= 4 is 11.9 Å². The molecule has 2 heterocycles. The minimum absolute atomic E-state index is 0.0444. The third-order valence-corrected chi connectivity index (χ3v) is 14.6. The zero-order chi connectivity index (χ0) is 32.2. The second-order valence-electron chi connectivity index (χ2n) is 16.4. The molecule has 2 aromatic rings. The Hall–Kier alpha value is -3.22. The van der Waals surface area contributed by atoms with Crippen LogP contribution in [0.1, 0.15) is 82.0 Å². The van der Waals surface area contributed by atoms with Crippen LogP contribution < -0.4 is 0 Å². The molecule has 8 aliphatic rings. The third kappa shape index (κ3) is 3.92. The lowest BCUT2D eigenvalue weighted by atomic mass is 9.32. The third-order valence-electron chi connectivity index (χ3n) is 14.6. The summed E-state index contributed by atoms with van der Waals surface area (Å²) in [5.41, 5.74) is 2.19. The summed E-state index contributed by atoms with van der Waals surface area (Å²) >= 11 is 0. The number of rotatable bonds is 5. The van der Waals surface area contributed by atoms with Crippen LogP contribution in [0, 0.1) is 33.5 Å². The summed E-state index contributed by atoms with van der Waals surface area (Å²) in [4.78, 5) is 30.4. The molecule has 6 aliphatic carbocycles. The number of aliphatic hydroxyl groups is 1. The van der Waals surface area contributed by atoms with E-state index in [1.54, 1.807) is 0 Å². The molecule has 6 heteroatoms. The first-order valence-corrected chi connectivity index (χ1v) is 18.0. The van der Waals surface area contributed by atoms with Crippen LogP contribution >= 0.6 is 0 Å². The van der Waals surface area contributed by atoms with Crippen LogP contribution in [0.3, 0.4) is 0 Å². The van der Waals surface area contributed by atoms with E-state index in [1.165, 1.54) is 0 Å². The molecule has 6 nitrogen and oxygen atoms in total. The quantitative estimate of drug-likeness (QED) is 0.269. The van der Waals surface area contributed by atoms with E-state index in [-0.39, 0.29) is 52.2 Å². The van der Waals surface area contributed by atoms with Crippen molar-refractivity contribution in [3.63, 3.8) is 0 Å². The maximum Gasteiger partial charge on any atom is 0.410 e. The minimum Gasteiger partial charge on any atom is -0.440 e. The number of carbonyl (C=O) groups excluding carboxylic acids is 2. The van der Waals surface area contributed by atoms with E-state index in [9.17, 15) is 14.7 Å². The van der Waals surface area contributed by atoms with Gasteiger partial charge in [-0.05, 0) is 86.2 Å². The van der Waals surface area contributed by atoms with Crippen molar-refractivity contribution < 1.29 is 24.2 Å². The fourth-order valence-corrected chi connectivity index (χ4v) is 12.2. The first kappa shape index (κ1) is 29.9. The maximum atomic E-state index is 15.0. The molecular weight excluding hydrogens is 586 g/mol. The number of ether oxygens (including phenoxy) is 2. The number of aliphatic hydroxyl groups excluding tert-OH is 1. The first-order chi connectivity index (χ1) is 22.6. The predicted molar refractivity (Wildman–Crippen MR) is 180 cm³/mol. The van der Waals surface area contributed by atoms with Gasteiger partial charge in [0.2, 0.25) is 0 Å². The molecule has 0 aromatic heterocycles. The number of allylic oxidation sites excluding steroid dienone is 4. The van der Waals surface area contributed by atoms with Gasteiger partial charge in [0.25, 0.3) is 0 Å². The molecule has 5 fully saturated rings. The summed E-state index contributed by atoms with van der Waals surface area (Å²) in [7, 11) is 0. The minimum atomic E-state index is -0.567. The molecule has 1 N–H and O–H groups in total. The van der Waals surface area contributed by atoms with Crippen LogP contribution in [0.2, 0.25) is 0 Å². The molecule has 3 saturated carbocycles. The fraction of sp³-hybridized carbons (Fsp3) is 0.561. The Bertz CT molecular complexity index is 1680. The van der Waals surface area contributed by atoms with Crippen molar-refractivity contribution in [2.45, 2.75) is 89.4 Å². The van der Waals surface area contributed by atoms with Gasteiger partial charge in [-0.15, -0.1) is 0 Å². The number of carbonyl (C=O) groups is 2. The Labute approximate surface area is 278 Å². The van der Waals surface area contributed by atoms with Gasteiger partial charge in [-0.2, -0.15) is 0 Å². The topological polar surface area (TPSA) is 76.1 Å². The summed E-state index contributed by atoms with van der Waals surface area (Å²) in [6, 6.07) is 18.4. The lowest BCUT2D eigenvalue weighted by Gasteiger charge is -2.71. The van der Waals surface area contributed by atoms with Crippen LogP contribution in [0.25, 0.3) is 11.1 Å². The van der Waals surface area contributed by atoms with E-state index in [4.69, 9.17) is 9.47 Å². The Kier molecular flexibility index (Phi) is 6.45. The SMILES string of the molecule is CC12CCC(O)CC13C=CC1(C(C(=O)c4ccc(-c5ccccc5)cc4)=C3)C2CCC2(C)C1CCC21CN(CC2CCCO2)C(=O)O1. The highest BCUT2D eigenvalue weighted by Gasteiger charge is 2.76. The van der Waals surface area contributed by atoms with Gasteiger partial charge in [-0.1, -0.05) is 86.7 Å².